The molecule has 0 spiro atoms. The first-order chi connectivity index (χ1) is 18.3. The summed E-state index contributed by atoms with van der Waals surface area (Å²) in [6.07, 6.45) is 0.299. The van der Waals surface area contributed by atoms with Gasteiger partial charge in [-0.25, -0.2) is 4.79 Å². The van der Waals surface area contributed by atoms with Gasteiger partial charge in [0.25, 0.3) is 0 Å². The van der Waals surface area contributed by atoms with Gasteiger partial charge in [0, 0.05) is 29.9 Å². The largest absolute Gasteiger partial charge is 0.481 e. The Morgan fingerprint density at radius 1 is 0.949 bits per heavy atom. The third-order valence-electron chi connectivity index (χ3n) is 6.58. The van der Waals surface area contributed by atoms with Gasteiger partial charge in [-0.2, -0.15) is 0 Å². The maximum atomic E-state index is 13.5. The van der Waals surface area contributed by atoms with E-state index in [0.29, 0.717) is 12.0 Å². The van der Waals surface area contributed by atoms with E-state index >= 15 is 0 Å². The zero-order chi connectivity index (χ0) is 29.3. The van der Waals surface area contributed by atoms with E-state index in [1.165, 1.54) is 6.92 Å². The van der Waals surface area contributed by atoms with Crippen molar-refractivity contribution >= 4 is 40.6 Å². The van der Waals surface area contributed by atoms with Crippen LogP contribution in [0.25, 0.3) is 10.9 Å². The summed E-state index contributed by atoms with van der Waals surface area (Å²) in [5.74, 6) is -5.25. The quantitative estimate of drug-likeness (QED) is 0.148. The number of nitrogens with two attached hydrogens (primary N) is 1. The van der Waals surface area contributed by atoms with Crippen LogP contribution in [0.3, 0.4) is 0 Å². The second-order valence-corrected chi connectivity index (χ2v) is 9.60. The SMILES string of the molecule is CCC(C)C(NC(=O)C(Cc1c[nH]c2ccccc12)NC(=O)C(N)CCC(=O)O)C(=O)NC(C(=O)O)C(C)O. The van der Waals surface area contributed by atoms with Crippen molar-refractivity contribution in [1.29, 1.82) is 0 Å². The van der Waals surface area contributed by atoms with Crippen LogP contribution in [0.1, 0.15) is 45.6 Å². The molecule has 39 heavy (non-hydrogen) atoms. The first-order valence-electron chi connectivity index (χ1n) is 12.7. The Kier molecular flexibility index (Phi) is 11.4. The molecule has 0 aliphatic carbocycles. The monoisotopic (exact) mass is 547 g/mol. The van der Waals surface area contributed by atoms with Crippen molar-refractivity contribution in [2.45, 2.75) is 76.7 Å². The van der Waals surface area contributed by atoms with Crippen LogP contribution in [0.2, 0.25) is 0 Å². The van der Waals surface area contributed by atoms with Gasteiger partial charge in [0.05, 0.1) is 12.1 Å². The standard InChI is InChI=1S/C26H37N5O8/c1-4-13(2)21(25(37)31-22(14(3)32)26(38)39)30-24(36)19(29-23(35)17(27)9-10-20(33)34)11-15-12-28-18-8-6-5-7-16(15)18/h5-8,12-14,17,19,21-22,28,32H,4,9-11,27H2,1-3H3,(H,29,35)(H,30,36)(H,31,37)(H,33,34)(H,38,39). The smallest absolute Gasteiger partial charge is 0.328 e. The highest BCUT2D eigenvalue weighted by atomic mass is 16.4. The molecule has 0 saturated carbocycles. The number of rotatable bonds is 15. The number of carboxylic acids is 2. The van der Waals surface area contributed by atoms with E-state index < -0.39 is 65.8 Å². The van der Waals surface area contributed by atoms with Gasteiger partial charge < -0.3 is 42.0 Å². The minimum absolute atomic E-state index is 0.0213. The maximum Gasteiger partial charge on any atom is 0.328 e. The second-order valence-electron chi connectivity index (χ2n) is 9.60. The summed E-state index contributed by atoms with van der Waals surface area (Å²) in [6.45, 7) is 4.70. The van der Waals surface area contributed by atoms with Gasteiger partial charge in [0.1, 0.15) is 12.1 Å². The lowest BCUT2D eigenvalue weighted by Gasteiger charge is -2.28. The van der Waals surface area contributed by atoms with E-state index in [0.717, 1.165) is 10.9 Å². The number of aliphatic hydroxyl groups is 1. The number of carbonyl (C=O) groups excluding carboxylic acids is 3. The third kappa shape index (κ3) is 8.79. The molecule has 6 unspecified atom stereocenters. The van der Waals surface area contributed by atoms with Crippen molar-refractivity contribution in [3.8, 4) is 0 Å². The average molecular weight is 548 g/mol. The summed E-state index contributed by atoms with van der Waals surface area (Å²) in [4.78, 5) is 64.8. The van der Waals surface area contributed by atoms with Gasteiger partial charge in [-0.1, -0.05) is 38.5 Å². The number of aliphatic carboxylic acids is 2. The molecule has 214 valence electrons. The van der Waals surface area contributed by atoms with Crippen molar-refractivity contribution in [1.82, 2.24) is 20.9 Å². The Bertz CT molecular complexity index is 1180. The number of para-hydroxylation sites is 1. The molecule has 0 fully saturated rings. The second kappa shape index (κ2) is 14.3. The number of benzene rings is 1. The van der Waals surface area contributed by atoms with Crippen molar-refractivity contribution in [2.75, 3.05) is 0 Å². The average Bonchev–Trinajstić information content (AvgIpc) is 3.29. The van der Waals surface area contributed by atoms with Crippen LogP contribution < -0.4 is 21.7 Å². The maximum absolute atomic E-state index is 13.5. The molecular weight excluding hydrogens is 510 g/mol. The molecule has 2 aromatic rings. The van der Waals surface area contributed by atoms with Gasteiger partial charge >= 0.3 is 11.9 Å². The summed E-state index contributed by atoms with van der Waals surface area (Å²) in [7, 11) is 0. The normalized spacial score (nSPS) is 15.8. The molecule has 1 aromatic carbocycles. The molecular formula is C26H37N5O8. The molecule has 2 rings (SSSR count). The van der Waals surface area contributed by atoms with Crippen LogP contribution in [0.4, 0.5) is 0 Å². The number of amides is 3. The number of carbonyl (C=O) groups is 5. The Labute approximate surface area is 225 Å². The first-order valence-corrected chi connectivity index (χ1v) is 12.7. The number of aromatic nitrogens is 1. The lowest BCUT2D eigenvalue weighted by atomic mass is 9.96. The van der Waals surface area contributed by atoms with Crippen LogP contribution in [-0.2, 0) is 30.4 Å². The van der Waals surface area contributed by atoms with Crippen molar-refractivity contribution in [2.24, 2.45) is 11.7 Å². The highest BCUT2D eigenvalue weighted by Gasteiger charge is 2.34. The highest BCUT2D eigenvalue weighted by Crippen LogP contribution is 2.20. The molecule has 0 saturated heterocycles. The molecule has 0 aliphatic heterocycles. The van der Waals surface area contributed by atoms with Crippen molar-refractivity contribution in [3.63, 3.8) is 0 Å². The van der Waals surface area contributed by atoms with Gasteiger partial charge in [0.15, 0.2) is 6.04 Å². The van der Waals surface area contributed by atoms with Crippen molar-refractivity contribution < 1.29 is 39.3 Å². The number of aliphatic hydroxyl groups excluding tert-OH is 1. The minimum atomic E-state index is -1.59. The highest BCUT2D eigenvalue weighted by molar-refractivity contribution is 5.95. The summed E-state index contributed by atoms with van der Waals surface area (Å²) in [5, 5.41) is 36.3. The van der Waals surface area contributed by atoms with Gasteiger partial charge in [-0.3, -0.25) is 19.2 Å². The molecule has 1 heterocycles. The van der Waals surface area contributed by atoms with Crippen LogP contribution in [-0.4, -0.2) is 80.2 Å². The lowest BCUT2D eigenvalue weighted by Crippen LogP contribution is -2.60. The van der Waals surface area contributed by atoms with E-state index in [-0.39, 0.29) is 19.3 Å². The Balaban J connectivity index is 2.32. The molecule has 3 amide bonds. The first kappa shape index (κ1) is 31.2. The molecule has 13 heteroatoms. The lowest BCUT2D eigenvalue weighted by molar-refractivity contribution is -0.145. The van der Waals surface area contributed by atoms with E-state index in [1.807, 2.05) is 24.3 Å². The Morgan fingerprint density at radius 3 is 2.18 bits per heavy atom. The molecule has 9 N–H and O–H groups in total. The fraction of sp³-hybridized carbons (Fsp3) is 0.500. The van der Waals surface area contributed by atoms with Crippen molar-refractivity contribution in [3.05, 3.63) is 36.0 Å². The Morgan fingerprint density at radius 2 is 1.59 bits per heavy atom. The molecule has 1 aromatic heterocycles. The van der Waals surface area contributed by atoms with Gasteiger partial charge in [-0.15, -0.1) is 0 Å². The minimum Gasteiger partial charge on any atom is -0.481 e. The van der Waals surface area contributed by atoms with E-state index in [1.54, 1.807) is 20.0 Å². The molecule has 0 aliphatic rings. The van der Waals surface area contributed by atoms with Crippen LogP contribution in [0, 0.1) is 5.92 Å². The number of hydrogen-bond acceptors (Lipinski definition) is 7. The number of fused-ring (bicyclic) bond motifs is 1. The number of nitrogens with one attached hydrogen (secondary N) is 4. The van der Waals surface area contributed by atoms with Crippen LogP contribution >= 0.6 is 0 Å². The fourth-order valence-corrected chi connectivity index (χ4v) is 4.01. The number of hydrogen-bond donors (Lipinski definition) is 8. The molecule has 0 radical (unpaired) electrons. The fourth-order valence-electron chi connectivity index (χ4n) is 4.01. The Hall–Kier alpha value is -3.97. The third-order valence-corrected chi connectivity index (χ3v) is 6.58. The zero-order valence-corrected chi connectivity index (χ0v) is 22.1. The van der Waals surface area contributed by atoms with E-state index in [4.69, 9.17) is 10.8 Å². The van der Waals surface area contributed by atoms with E-state index in [2.05, 4.69) is 20.9 Å². The molecule has 0 bridgehead atoms. The van der Waals surface area contributed by atoms with Gasteiger partial charge in [-0.05, 0) is 30.9 Å². The summed E-state index contributed by atoms with van der Waals surface area (Å²) >= 11 is 0. The summed E-state index contributed by atoms with van der Waals surface area (Å²) in [5.41, 5.74) is 7.37. The molecule has 6 atom stereocenters. The van der Waals surface area contributed by atoms with E-state index in [9.17, 15) is 34.2 Å². The zero-order valence-electron chi connectivity index (χ0n) is 22.1. The predicted octanol–water partition coefficient (Wildman–Crippen LogP) is -0.132. The van der Waals surface area contributed by atoms with Gasteiger partial charge in [0.2, 0.25) is 17.7 Å². The summed E-state index contributed by atoms with van der Waals surface area (Å²) < 4.78 is 0. The number of carboxylic acid groups (broad SMARTS) is 2. The number of aromatic amines is 1. The topological polar surface area (TPSA) is 224 Å². The number of H-pyrrole nitrogens is 1. The predicted molar refractivity (Wildman–Crippen MR) is 141 cm³/mol. The summed E-state index contributed by atoms with van der Waals surface area (Å²) in [6, 6.07) is 2.20. The molecule has 13 nitrogen and oxygen atoms in total. The van der Waals surface area contributed by atoms with Crippen LogP contribution in [0.15, 0.2) is 30.5 Å². The van der Waals surface area contributed by atoms with Crippen LogP contribution in [0.5, 0.6) is 0 Å².